The lowest BCUT2D eigenvalue weighted by molar-refractivity contribution is -0.237. The van der Waals surface area contributed by atoms with Gasteiger partial charge in [0.25, 0.3) is 0 Å². The van der Waals surface area contributed by atoms with Gasteiger partial charge >= 0.3 is 0 Å². The van der Waals surface area contributed by atoms with Crippen molar-refractivity contribution < 1.29 is 24.1 Å². The van der Waals surface area contributed by atoms with Crippen LogP contribution < -0.4 is 0 Å². The highest BCUT2D eigenvalue weighted by molar-refractivity contribution is 4.89. The molecule has 124 valence electrons. The predicted molar refractivity (Wildman–Crippen MR) is 78.8 cm³/mol. The molecule has 0 aromatic heterocycles. The molecular weight excluding hydrogens is 272 g/mol. The van der Waals surface area contributed by atoms with E-state index in [2.05, 4.69) is 20.8 Å². The summed E-state index contributed by atoms with van der Waals surface area (Å²) in [6, 6.07) is 0. The Balaban J connectivity index is 1.94. The van der Waals surface area contributed by atoms with Crippen molar-refractivity contribution in [3.8, 4) is 0 Å². The molecule has 2 fully saturated rings. The van der Waals surface area contributed by atoms with E-state index in [0.717, 1.165) is 6.42 Å². The molecule has 2 heterocycles. The maximum absolute atomic E-state index is 9.98. The molecule has 5 unspecified atom stereocenters. The van der Waals surface area contributed by atoms with Crippen molar-refractivity contribution in [3.05, 3.63) is 0 Å². The second-order valence-corrected chi connectivity index (χ2v) is 8.22. The van der Waals surface area contributed by atoms with E-state index in [0.29, 0.717) is 13.0 Å². The summed E-state index contributed by atoms with van der Waals surface area (Å²) in [5.74, 6) is 0. The molecule has 0 aromatic carbocycles. The summed E-state index contributed by atoms with van der Waals surface area (Å²) in [5.41, 5.74) is -0.0577. The van der Waals surface area contributed by atoms with Gasteiger partial charge in [-0.1, -0.05) is 20.8 Å². The molecule has 0 saturated carbocycles. The molecule has 21 heavy (non-hydrogen) atoms. The molecule has 5 heteroatoms. The van der Waals surface area contributed by atoms with Crippen LogP contribution >= 0.6 is 0 Å². The van der Waals surface area contributed by atoms with Crippen molar-refractivity contribution in [2.45, 2.75) is 90.9 Å². The van der Waals surface area contributed by atoms with Crippen LogP contribution in [0.3, 0.4) is 0 Å². The van der Waals surface area contributed by atoms with Crippen molar-refractivity contribution in [2.75, 3.05) is 6.61 Å². The lowest BCUT2D eigenvalue weighted by atomic mass is 9.88. The number of hydrogen-bond donors (Lipinski definition) is 1. The second kappa shape index (κ2) is 6.13. The van der Waals surface area contributed by atoms with Crippen molar-refractivity contribution >= 4 is 0 Å². The first-order valence-electron chi connectivity index (χ1n) is 7.84. The molecule has 2 aliphatic rings. The van der Waals surface area contributed by atoms with E-state index < -0.39 is 18.7 Å². The molecule has 1 N–H and O–H groups in total. The number of ether oxygens (including phenoxy) is 4. The zero-order chi connectivity index (χ0) is 15.8. The standard InChI is InChI=1S/C16H30O5/c1-15(2,3)9-11-14-20-12(13(17)21-14)10(19-11)7-8-18-16(4,5)6/h10-14,17H,7-9H2,1-6H3. The van der Waals surface area contributed by atoms with Gasteiger partial charge in [0, 0.05) is 6.61 Å². The summed E-state index contributed by atoms with van der Waals surface area (Å²) in [5, 5.41) is 9.98. The molecule has 2 aliphatic heterocycles. The predicted octanol–water partition coefficient (Wildman–Crippen LogP) is 2.46. The third-order valence-electron chi connectivity index (χ3n) is 3.62. The molecule has 0 aliphatic carbocycles. The minimum Gasteiger partial charge on any atom is -0.376 e. The molecule has 0 spiro atoms. The van der Waals surface area contributed by atoms with Gasteiger partial charge in [-0.25, -0.2) is 0 Å². The lowest BCUT2D eigenvalue weighted by Gasteiger charge is -2.37. The summed E-state index contributed by atoms with van der Waals surface area (Å²) in [6.07, 6.45) is -0.575. The van der Waals surface area contributed by atoms with Crippen LogP contribution in [0.15, 0.2) is 0 Å². The van der Waals surface area contributed by atoms with E-state index in [4.69, 9.17) is 18.9 Å². The first kappa shape index (κ1) is 17.2. The summed E-state index contributed by atoms with van der Waals surface area (Å²) >= 11 is 0. The van der Waals surface area contributed by atoms with Crippen LogP contribution in [0, 0.1) is 5.41 Å². The van der Waals surface area contributed by atoms with E-state index in [1.54, 1.807) is 0 Å². The molecular formula is C16H30O5. The van der Waals surface area contributed by atoms with E-state index in [9.17, 15) is 5.11 Å². The van der Waals surface area contributed by atoms with Gasteiger partial charge in [-0.05, 0) is 39.0 Å². The van der Waals surface area contributed by atoms with E-state index >= 15 is 0 Å². The minimum absolute atomic E-state index is 0.115. The van der Waals surface area contributed by atoms with Gasteiger partial charge in [-0.15, -0.1) is 0 Å². The van der Waals surface area contributed by atoms with Crippen LogP contribution in [-0.2, 0) is 18.9 Å². The van der Waals surface area contributed by atoms with Crippen LogP contribution in [-0.4, -0.2) is 48.2 Å². The average molecular weight is 302 g/mol. The second-order valence-electron chi connectivity index (χ2n) is 8.22. The van der Waals surface area contributed by atoms with Gasteiger partial charge in [-0.3, -0.25) is 0 Å². The number of aliphatic hydroxyl groups is 1. The first-order valence-corrected chi connectivity index (χ1v) is 7.84. The summed E-state index contributed by atoms with van der Waals surface area (Å²) < 4.78 is 23.2. The Morgan fingerprint density at radius 1 is 0.952 bits per heavy atom. The van der Waals surface area contributed by atoms with Gasteiger partial charge < -0.3 is 24.1 Å². The van der Waals surface area contributed by atoms with Crippen LogP contribution in [0.1, 0.15) is 54.4 Å². The first-order chi connectivity index (χ1) is 9.55. The van der Waals surface area contributed by atoms with Crippen LogP contribution in [0.4, 0.5) is 0 Å². The van der Waals surface area contributed by atoms with Crippen LogP contribution in [0.5, 0.6) is 0 Å². The Hall–Kier alpha value is -0.200. The minimum atomic E-state index is -0.903. The van der Waals surface area contributed by atoms with E-state index in [-0.39, 0.29) is 23.2 Å². The molecule has 2 saturated heterocycles. The SMILES string of the molecule is CC(C)(C)CC1OC(CCOC(C)(C)C)C2OC1OC2O. The monoisotopic (exact) mass is 302 g/mol. The summed E-state index contributed by atoms with van der Waals surface area (Å²) in [4.78, 5) is 0. The Morgan fingerprint density at radius 3 is 2.19 bits per heavy atom. The van der Waals surface area contributed by atoms with Crippen molar-refractivity contribution in [3.63, 3.8) is 0 Å². The highest BCUT2D eigenvalue weighted by Gasteiger charge is 2.50. The maximum Gasteiger partial charge on any atom is 0.187 e. The van der Waals surface area contributed by atoms with Crippen LogP contribution in [0.2, 0.25) is 0 Å². The maximum atomic E-state index is 9.98. The molecule has 0 amide bonds. The number of rotatable bonds is 4. The smallest absolute Gasteiger partial charge is 0.187 e. The van der Waals surface area contributed by atoms with Gasteiger partial charge in [0.05, 0.1) is 11.7 Å². The summed E-state index contributed by atoms with van der Waals surface area (Å²) in [7, 11) is 0. The third-order valence-corrected chi connectivity index (χ3v) is 3.62. The molecule has 2 bridgehead atoms. The number of fused-ring (bicyclic) bond motifs is 2. The van der Waals surface area contributed by atoms with Crippen molar-refractivity contribution in [1.82, 2.24) is 0 Å². The molecule has 5 nitrogen and oxygen atoms in total. The average Bonchev–Trinajstić information content (AvgIpc) is 2.60. The van der Waals surface area contributed by atoms with Gasteiger partial charge in [-0.2, -0.15) is 0 Å². The largest absolute Gasteiger partial charge is 0.376 e. The lowest BCUT2D eigenvalue weighted by Crippen LogP contribution is -2.47. The fraction of sp³-hybridized carbons (Fsp3) is 1.00. The van der Waals surface area contributed by atoms with Gasteiger partial charge in [0.2, 0.25) is 0 Å². The molecule has 0 aromatic rings. The van der Waals surface area contributed by atoms with Crippen molar-refractivity contribution in [1.29, 1.82) is 0 Å². The summed E-state index contributed by atoms with van der Waals surface area (Å²) in [6.45, 7) is 13.1. The van der Waals surface area contributed by atoms with E-state index in [1.165, 1.54) is 0 Å². The fourth-order valence-corrected chi connectivity index (χ4v) is 2.74. The highest BCUT2D eigenvalue weighted by atomic mass is 16.8. The Morgan fingerprint density at radius 2 is 1.62 bits per heavy atom. The van der Waals surface area contributed by atoms with Gasteiger partial charge in [0.1, 0.15) is 12.2 Å². The van der Waals surface area contributed by atoms with Crippen molar-refractivity contribution in [2.24, 2.45) is 5.41 Å². The quantitative estimate of drug-likeness (QED) is 0.864. The molecule has 2 rings (SSSR count). The zero-order valence-corrected chi connectivity index (χ0v) is 14.1. The normalized spacial score (nSPS) is 37.0. The zero-order valence-electron chi connectivity index (χ0n) is 14.1. The Bertz CT molecular complexity index is 344. The van der Waals surface area contributed by atoms with Gasteiger partial charge in [0.15, 0.2) is 12.6 Å². The Kier molecular flexibility index (Phi) is 5.01. The molecule has 0 radical (unpaired) electrons. The van der Waals surface area contributed by atoms with Crippen LogP contribution in [0.25, 0.3) is 0 Å². The topological polar surface area (TPSA) is 57.2 Å². The number of aliphatic hydroxyl groups excluding tert-OH is 1. The Labute approximate surface area is 127 Å². The highest BCUT2D eigenvalue weighted by Crippen LogP contribution is 2.37. The molecule has 5 atom stereocenters. The van der Waals surface area contributed by atoms with E-state index in [1.807, 2.05) is 20.8 Å². The fourth-order valence-electron chi connectivity index (χ4n) is 2.74. The number of hydrogen-bond acceptors (Lipinski definition) is 5. The third kappa shape index (κ3) is 4.89.